The molecule has 4 aromatic rings. The van der Waals surface area contributed by atoms with E-state index < -0.39 is 17.8 Å². The van der Waals surface area contributed by atoms with Gasteiger partial charge < -0.3 is 10.1 Å². The summed E-state index contributed by atoms with van der Waals surface area (Å²) >= 11 is 2.80. The van der Waals surface area contributed by atoms with Gasteiger partial charge in [0, 0.05) is 21.7 Å². The summed E-state index contributed by atoms with van der Waals surface area (Å²) in [6.45, 7) is 10.3. The van der Waals surface area contributed by atoms with Crippen LogP contribution in [0.25, 0.3) is 0 Å². The van der Waals surface area contributed by atoms with Crippen molar-refractivity contribution in [3.63, 3.8) is 0 Å². The molecule has 52 heavy (non-hydrogen) atoms. The van der Waals surface area contributed by atoms with E-state index in [1.54, 1.807) is 47.5 Å². The minimum absolute atomic E-state index is 0.000470. The zero-order valence-electron chi connectivity index (χ0n) is 29.8. The van der Waals surface area contributed by atoms with Crippen LogP contribution in [-0.2, 0) is 31.1 Å². The van der Waals surface area contributed by atoms with Gasteiger partial charge >= 0.3 is 10.8 Å². The molecule has 3 amide bonds. The molecule has 2 aliphatic heterocycles. The molecule has 4 aliphatic rings. The summed E-state index contributed by atoms with van der Waals surface area (Å²) in [5.74, 6) is -1.97. The predicted octanol–water partition coefficient (Wildman–Crippen LogP) is 7.01. The van der Waals surface area contributed by atoms with E-state index in [1.165, 1.54) is 21.8 Å². The van der Waals surface area contributed by atoms with Crippen LogP contribution in [0.15, 0.2) is 82.6 Å². The summed E-state index contributed by atoms with van der Waals surface area (Å²) in [5, 5.41) is 3.64. The minimum atomic E-state index is -0.437. The first-order valence-electron chi connectivity index (χ1n) is 17.9. The number of aryl methyl sites for hydroxylation is 1. The SMILES string of the molecule is CCOC(=O)c1ccc(NC(=O)Cn2c3c(sc2=O)C(c2ccc(C(C)(C)C)cc2)C2C4CC(C2S3)C2C(=O)N(c3ccc(C)cc3)C(=O)C42)cc1. The van der Waals surface area contributed by atoms with Crippen molar-refractivity contribution in [2.75, 3.05) is 16.8 Å². The molecule has 1 saturated heterocycles. The third kappa shape index (κ3) is 5.64. The van der Waals surface area contributed by atoms with E-state index in [2.05, 4.69) is 50.4 Å². The number of carbonyl (C=O) groups is 4. The standard InChI is InChI=1S/C41H41N3O6S2/c1-6-50-39(48)23-11-15-25(16-12-23)42-29(45)20-43-38-35(52-40(43)49)30(22-9-13-24(14-10-22)41(3,4)5)31-27-19-28(34(31)51-38)33-32(27)36(46)44(37(33)47)26-17-7-21(2)8-18-26/h7-18,27-28,30-34H,6,19-20H2,1-5H3,(H,42,45). The van der Waals surface area contributed by atoms with Crippen LogP contribution in [0.4, 0.5) is 11.4 Å². The molecule has 1 aromatic heterocycles. The number of anilines is 2. The number of nitrogens with zero attached hydrogens (tertiary/aromatic N) is 2. The molecule has 3 fully saturated rings. The second-order valence-corrected chi connectivity index (χ2v) is 17.6. The first-order chi connectivity index (χ1) is 24.8. The predicted molar refractivity (Wildman–Crippen MR) is 202 cm³/mol. The molecule has 268 valence electrons. The van der Waals surface area contributed by atoms with E-state index in [0.717, 1.165) is 27.5 Å². The van der Waals surface area contributed by atoms with Gasteiger partial charge in [0.15, 0.2) is 0 Å². The van der Waals surface area contributed by atoms with Gasteiger partial charge in [-0.1, -0.05) is 74.1 Å². The smallest absolute Gasteiger partial charge is 0.338 e. The molecule has 2 aliphatic carbocycles. The molecule has 0 spiro atoms. The first-order valence-corrected chi connectivity index (χ1v) is 19.6. The number of carbonyl (C=O) groups excluding carboxylic acids is 4. The van der Waals surface area contributed by atoms with E-state index in [1.807, 2.05) is 31.2 Å². The number of thioether (sulfide) groups is 1. The first kappa shape index (κ1) is 34.6. The third-order valence-corrected chi connectivity index (χ3v) is 14.1. The molecule has 11 heteroatoms. The number of fused-ring (bicyclic) bond motifs is 9. The summed E-state index contributed by atoms with van der Waals surface area (Å²) < 4.78 is 6.63. The van der Waals surface area contributed by atoms with Crippen LogP contribution in [0.5, 0.6) is 0 Å². The number of nitrogens with one attached hydrogen (secondary N) is 1. The highest BCUT2D eigenvalue weighted by Gasteiger charge is 2.69. The monoisotopic (exact) mass is 735 g/mol. The maximum absolute atomic E-state index is 14.2. The minimum Gasteiger partial charge on any atom is -0.462 e. The van der Waals surface area contributed by atoms with Crippen molar-refractivity contribution in [3.05, 3.63) is 110 Å². The van der Waals surface area contributed by atoms with Crippen molar-refractivity contribution >= 4 is 58.2 Å². The Morgan fingerprint density at radius 3 is 2.17 bits per heavy atom. The van der Waals surface area contributed by atoms with Crippen molar-refractivity contribution in [2.24, 2.45) is 29.6 Å². The van der Waals surface area contributed by atoms with Gasteiger partial charge in [-0.2, -0.15) is 0 Å². The van der Waals surface area contributed by atoms with Crippen LogP contribution in [0, 0.1) is 36.5 Å². The maximum atomic E-state index is 14.2. The highest BCUT2D eigenvalue weighted by atomic mass is 32.2. The normalized spacial score (nSPS) is 25.9. The van der Waals surface area contributed by atoms with E-state index >= 15 is 0 Å². The van der Waals surface area contributed by atoms with E-state index in [-0.39, 0.29) is 70.1 Å². The van der Waals surface area contributed by atoms with Crippen molar-refractivity contribution in [1.82, 2.24) is 4.57 Å². The Hall–Kier alpha value is -4.48. The Morgan fingerprint density at radius 2 is 1.54 bits per heavy atom. The van der Waals surface area contributed by atoms with Crippen LogP contribution < -0.4 is 15.1 Å². The fraction of sp³-hybridized carbons (Fsp3) is 0.390. The van der Waals surface area contributed by atoms with Gasteiger partial charge in [-0.15, -0.1) is 11.8 Å². The van der Waals surface area contributed by atoms with Crippen LogP contribution in [0.1, 0.15) is 72.0 Å². The molecular formula is C41H41N3O6S2. The lowest BCUT2D eigenvalue weighted by Gasteiger charge is -2.43. The van der Waals surface area contributed by atoms with E-state index in [0.29, 0.717) is 16.9 Å². The highest BCUT2D eigenvalue weighted by Crippen LogP contribution is 2.69. The van der Waals surface area contributed by atoms with Crippen LogP contribution in [0.2, 0.25) is 0 Å². The maximum Gasteiger partial charge on any atom is 0.338 e. The van der Waals surface area contributed by atoms with Crippen molar-refractivity contribution in [1.29, 1.82) is 0 Å². The number of hydrogen-bond donors (Lipinski definition) is 1. The molecule has 7 atom stereocenters. The van der Waals surface area contributed by atoms with Gasteiger partial charge in [0.1, 0.15) is 6.54 Å². The largest absolute Gasteiger partial charge is 0.462 e. The Balaban J connectivity index is 1.14. The summed E-state index contributed by atoms with van der Waals surface area (Å²) in [4.78, 5) is 69.7. The fourth-order valence-corrected chi connectivity index (χ4v) is 12.2. The van der Waals surface area contributed by atoms with Gasteiger partial charge in [-0.3, -0.25) is 28.6 Å². The zero-order valence-corrected chi connectivity index (χ0v) is 31.4. The quantitative estimate of drug-likeness (QED) is 0.161. The number of amides is 3. The molecule has 0 radical (unpaired) electrons. The van der Waals surface area contributed by atoms with Gasteiger partial charge in [-0.05, 0) is 91.0 Å². The highest BCUT2D eigenvalue weighted by molar-refractivity contribution is 8.00. The molecule has 3 heterocycles. The van der Waals surface area contributed by atoms with Crippen LogP contribution in [0.3, 0.4) is 0 Å². The molecular weight excluding hydrogens is 695 g/mol. The molecule has 3 aromatic carbocycles. The number of imide groups is 1. The third-order valence-electron chi connectivity index (χ3n) is 11.4. The second kappa shape index (κ2) is 12.9. The number of aromatic nitrogens is 1. The summed E-state index contributed by atoms with van der Waals surface area (Å²) in [6.07, 6.45) is 0.787. The number of ether oxygens (including phenoxy) is 1. The summed E-state index contributed by atoms with van der Waals surface area (Å²) in [5.41, 5.74) is 4.81. The summed E-state index contributed by atoms with van der Waals surface area (Å²) in [6, 6.07) is 22.7. The topological polar surface area (TPSA) is 115 Å². The van der Waals surface area contributed by atoms with Gasteiger partial charge in [0.05, 0.1) is 34.7 Å². The molecule has 2 saturated carbocycles. The average Bonchev–Trinajstić information content (AvgIpc) is 3.83. The van der Waals surface area contributed by atoms with E-state index in [9.17, 15) is 24.0 Å². The number of thiazole rings is 1. The number of hydrogen-bond acceptors (Lipinski definition) is 8. The van der Waals surface area contributed by atoms with Crippen LogP contribution in [-0.4, -0.2) is 40.1 Å². The Labute approximate surface area is 310 Å². The van der Waals surface area contributed by atoms with E-state index in [4.69, 9.17) is 4.74 Å². The van der Waals surface area contributed by atoms with Crippen molar-refractivity contribution < 1.29 is 23.9 Å². The lowest BCUT2D eigenvalue weighted by atomic mass is 9.68. The Morgan fingerprint density at radius 1 is 0.885 bits per heavy atom. The van der Waals surface area contributed by atoms with Crippen molar-refractivity contribution in [3.8, 4) is 0 Å². The van der Waals surface area contributed by atoms with Gasteiger partial charge in [-0.25, -0.2) is 4.79 Å². The number of esters is 1. The lowest BCUT2D eigenvalue weighted by molar-refractivity contribution is -0.123. The number of benzene rings is 3. The molecule has 1 N–H and O–H groups in total. The lowest BCUT2D eigenvalue weighted by Crippen LogP contribution is -2.43. The second-order valence-electron chi connectivity index (χ2n) is 15.4. The average molecular weight is 736 g/mol. The van der Waals surface area contributed by atoms with Crippen molar-refractivity contribution in [2.45, 2.75) is 69.2 Å². The van der Waals surface area contributed by atoms with Crippen LogP contribution >= 0.6 is 23.1 Å². The molecule has 2 bridgehead atoms. The zero-order chi connectivity index (χ0) is 36.6. The van der Waals surface area contributed by atoms with Gasteiger partial charge in [0.25, 0.3) is 0 Å². The molecule has 8 rings (SSSR count). The Bertz CT molecular complexity index is 2150. The number of rotatable bonds is 7. The molecule has 9 nitrogen and oxygen atoms in total. The molecule has 7 unspecified atom stereocenters. The Kier molecular flexibility index (Phi) is 8.57. The fourth-order valence-electron chi connectivity index (χ4n) is 9.01. The van der Waals surface area contributed by atoms with Gasteiger partial charge in [0.2, 0.25) is 17.7 Å². The summed E-state index contributed by atoms with van der Waals surface area (Å²) in [7, 11) is 0.